The molecule has 0 bridgehead atoms. The minimum atomic E-state index is 0.565. The number of hydrogen-bond acceptors (Lipinski definition) is 4. The molecule has 1 aromatic heterocycles. The summed E-state index contributed by atoms with van der Waals surface area (Å²) < 4.78 is 5.75. The van der Waals surface area contributed by atoms with Crippen molar-refractivity contribution >= 4 is 11.6 Å². The molecule has 1 heterocycles. The van der Waals surface area contributed by atoms with Gasteiger partial charge in [0, 0.05) is 16.8 Å². The van der Waals surface area contributed by atoms with Crippen LogP contribution in [0.1, 0.15) is 19.8 Å². The lowest BCUT2D eigenvalue weighted by Gasteiger charge is -2.11. The van der Waals surface area contributed by atoms with Gasteiger partial charge in [0.1, 0.15) is 5.75 Å². The second kappa shape index (κ2) is 9.70. The van der Waals surface area contributed by atoms with Crippen molar-refractivity contribution in [3.63, 3.8) is 0 Å². The molecule has 0 radical (unpaired) electrons. The third-order valence-corrected chi connectivity index (χ3v) is 4.74. The highest BCUT2D eigenvalue weighted by atomic mass is 16.5. The average molecular weight is 396 g/mol. The molecule has 0 aliphatic heterocycles. The maximum Gasteiger partial charge on any atom is 0.228 e. The minimum Gasteiger partial charge on any atom is -0.494 e. The Balaban J connectivity index is 1.62. The van der Waals surface area contributed by atoms with Crippen LogP contribution in [-0.4, -0.2) is 16.6 Å². The Morgan fingerprint density at radius 3 is 1.83 bits per heavy atom. The number of nitrogens with one attached hydrogen (secondary N) is 1. The summed E-state index contributed by atoms with van der Waals surface area (Å²) >= 11 is 0. The van der Waals surface area contributed by atoms with Gasteiger partial charge in [0.05, 0.1) is 18.0 Å². The SMILES string of the molecule is CCCCOc1ccc(Nc2nc(-c3ccccc3)cc(-c3ccccc3)n2)cc1. The molecule has 0 saturated carbocycles. The van der Waals surface area contributed by atoms with Gasteiger partial charge in [-0.2, -0.15) is 0 Å². The fourth-order valence-electron chi connectivity index (χ4n) is 3.11. The summed E-state index contributed by atoms with van der Waals surface area (Å²) in [5.41, 5.74) is 4.79. The van der Waals surface area contributed by atoms with Crippen LogP contribution < -0.4 is 10.1 Å². The van der Waals surface area contributed by atoms with Crippen LogP contribution in [-0.2, 0) is 0 Å². The zero-order chi connectivity index (χ0) is 20.6. The van der Waals surface area contributed by atoms with Crippen molar-refractivity contribution in [2.75, 3.05) is 11.9 Å². The van der Waals surface area contributed by atoms with E-state index in [2.05, 4.69) is 36.5 Å². The lowest BCUT2D eigenvalue weighted by molar-refractivity contribution is 0.309. The van der Waals surface area contributed by atoms with E-state index in [1.807, 2.05) is 66.7 Å². The van der Waals surface area contributed by atoms with Crippen molar-refractivity contribution in [1.82, 2.24) is 9.97 Å². The monoisotopic (exact) mass is 395 g/mol. The molecule has 0 fully saturated rings. The molecular weight excluding hydrogens is 370 g/mol. The molecule has 0 saturated heterocycles. The van der Waals surface area contributed by atoms with E-state index in [4.69, 9.17) is 14.7 Å². The quantitative estimate of drug-likeness (QED) is 0.336. The molecule has 0 aliphatic carbocycles. The summed E-state index contributed by atoms with van der Waals surface area (Å²) in [6, 6.07) is 30.3. The van der Waals surface area contributed by atoms with Gasteiger partial charge in [0.25, 0.3) is 0 Å². The van der Waals surface area contributed by atoms with Crippen molar-refractivity contribution in [2.24, 2.45) is 0 Å². The number of rotatable bonds is 8. The normalized spacial score (nSPS) is 10.6. The lowest BCUT2D eigenvalue weighted by atomic mass is 10.1. The first-order chi connectivity index (χ1) is 14.8. The summed E-state index contributed by atoms with van der Waals surface area (Å²) in [4.78, 5) is 9.51. The third-order valence-electron chi connectivity index (χ3n) is 4.74. The van der Waals surface area contributed by atoms with Crippen LogP contribution in [0.3, 0.4) is 0 Å². The molecule has 4 heteroatoms. The second-order valence-corrected chi connectivity index (χ2v) is 7.05. The van der Waals surface area contributed by atoms with Crippen molar-refractivity contribution in [1.29, 1.82) is 0 Å². The van der Waals surface area contributed by atoms with Gasteiger partial charge in [0.15, 0.2) is 0 Å². The first kappa shape index (κ1) is 19.6. The first-order valence-electron chi connectivity index (χ1n) is 10.3. The highest BCUT2D eigenvalue weighted by molar-refractivity contribution is 5.70. The van der Waals surface area contributed by atoms with Gasteiger partial charge < -0.3 is 10.1 Å². The number of unbranched alkanes of at least 4 members (excludes halogenated alkanes) is 1. The van der Waals surface area contributed by atoms with E-state index in [-0.39, 0.29) is 0 Å². The van der Waals surface area contributed by atoms with Crippen molar-refractivity contribution in [2.45, 2.75) is 19.8 Å². The molecular formula is C26H25N3O. The Morgan fingerprint density at radius 1 is 0.733 bits per heavy atom. The highest BCUT2D eigenvalue weighted by Gasteiger charge is 2.09. The fourth-order valence-corrected chi connectivity index (χ4v) is 3.11. The predicted octanol–water partition coefficient (Wildman–Crippen LogP) is 6.73. The average Bonchev–Trinajstić information content (AvgIpc) is 2.81. The molecule has 150 valence electrons. The van der Waals surface area contributed by atoms with Gasteiger partial charge in [-0.25, -0.2) is 9.97 Å². The van der Waals surface area contributed by atoms with Crippen LogP contribution in [0, 0.1) is 0 Å². The number of aromatic nitrogens is 2. The Labute approximate surface area is 177 Å². The van der Waals surface area contributed by atoms with Crippen LogP contribution in [0.25, 0.3) is 22.5 Å². The third kappa shape index (κ3) is 5.03. The number of ether oxygens (including phenoxy) is 1. The molecule has 0 unspecified atom stereocenters. The van der Waals surface area contributed by atoms with E-state index in [1.54, 1.807) is 0 Å². The van der Waals surface area contributed by atoms with Crippen molar-refractivity contribution in [3.05, 3.63) is 91.0 Å². The van der Waals surface area contributed by atoms with Crippen LogP contribution in [0.5, 0.6) is 5.75 Å². The van der Waals surface area contributed by atoms with Gasteiger partial charge in [-0.15, -0.1) is 0 Å². The molecule has 4 rings (SSSR count). The van der Waals surface area contributed by atoms with E-state index in [0.29, 0.717) is 5.95 Å². The predicted molar refractivity (Wildman–Crippen MR) is 123 cm³/mol. The first-order valence-corrected chi connectivity index (χ1v) is 10.3. The maximum absolute atomic E-state index is 5.75. The second-order valence-electron chi connectivity index (χ2n) is 7.05. The van der Waals surface area contributed by atoms with Crippen LogP contribution in [0.4, 0.5) is 11.6 Å². The molecule has 0 spiro atoms. The van der Waals surface area contributed by atoms with Gasteiger partial charge in [-0.3, -0.25) is 0 Å². The zero-order valence-corrected chi connectivity index (χ0v) is 17.1. The van der Waals surface area contributed by atoms with E-state index >= 15 is 0 Å². The van der Waals surface area contributed by atoms with Gasteiger partial charge in [0.2, 0.25) is 5.95 Å². The molecule has 4 aromatic rings. The van der Waals surface area contributed by atoms with Gasteiger partial charge in [-0.05, 0) is 36.8 Å². The molecule has 0 aliphatic rings. The van der Waals surface area contributed by atoms with Crippen LogP contribution in [0.2, 0.25) is 0 Å². The standard InChI is InChI=1S/C26H25N3O/c1-2-3-18-30-23-16-14-22(15-17-23)27-26-28-24(20-10-6-4-7-11-20)19-25(29-26)21-12-8-5-9-13-21/h4-17,19H,2-3,18H2,1H3,(H,27,28,29). The van der Waals surface area contributed by atoms with Gasteiger partial charge >= 0.3 is 0 Å². The Morgan fingerprint density at radius 2 is 1.30 bits per heavy atom. The lowest BCUT2D eigenvalue weighted by Crippen LogP contribution is -2.01. The van der Waals surface area contributed by atoms with E-state index in [0.717, 1.165) is 53.4 Å². The Bertz CT molecular complexity index is 1010. The zero-order valence-electron chi connectivity index (χ0n) is 17.1. The molecule has 3 aromatic carbocycles. The number of hydrogen-bond donors (Lipinski definition) is 1. The molecule has 4 nitrogen and oxygen atoms in total. The molecule has 0 atom stereocenters. The van der Waals surface area contributed by atoms with Crippen molar-refractivity contribution in [3.8, 4) is 28.3 Å². The highest BCUT2D eigenvalue weighted by Crippen LogP contribution is 2.26. The summed E-state index contributed by atoms with van der Waals surface area (Å²) in [6.07, 6.45) is 2.18. The van der Waals surface area contributed by atoms with E-state index < -0.39 is 0 Å². The summed E-state index contributed by atoms with van der Waals surface area (Å²) in [6.45, 7) is 2.90. The Kier molecular flexibility index (Phi) is 6.35. The largest absolute Gasteiger partial charge is 0.494 e. The number of nitrogens with zero attached hydrogens (tertiary/aromatic N) is 2. The Hall–Kier alpha value is -3.66. The van der Waals surface area contributed by atoms with Crippen LogP contribution >= 0.6 is 0 Å². The summed E-state index contributed by atoms with van der Waals surface area (Å²) in [5, 5.41) is 3.34. The molecule has 1 N–H and O–H groups in total. The van der Waals surface area contributed by atoms with Crippen LogP contribution in [0.15, 0.2) is 91.0 Å². The fraction of sp³-hybridized carbons (Fsp3) is 0.154. The molecule has 0 amide bonds. The van der Waals surface area contributed by atoms with Crippen molar-refractivity contribution < 1.29 is 4.74 Å². The van der Waals surface area contributed by atoms with E-state index in [1.165, 1.54) is 0 Å². The minimum absolute atomic E-state index is 0.565. The summed E-state index contributed by atoms with van der Waals surface area (Å²) in [5.74, 6) is 1.44. The smallest absolute Gasteiger partial charge is 0.228 e. The maximum atomic E-state index is 5.75. The number of benzene rings is 3. The topological polar surface area (TPSA) is 47.0 Å². The number of anilines is 2. The van der Waals surface area contributed by atoms with E-state index in [9.17, 15) is 0 Å². The molecule has 30 heavy (non-hydrogen) atoms. The summed E-state index contributed by atoms with van der Waals surface area (Å²) in [7, 11) is 0. The van der Waals surface area contributed by atoms with Gasteiger partial charge in [-0.1, -0.05) is 74.0 Å².